The SMILES string of the molecule is C=CC1(C)C#CC2=C[C@@H](O[SiH](C)C(C)(C)C)[C@H](O[SiH](C)C(C)(C)C)C2(O[Si](C)(C)C)CC#CC1OC(=O)c1ccccc1C(=O)O. The largest absolute Gasteiger partial charge is 0.478 e. The second kappa shape index (κ2) is 13.8. The maximum Gasteiger partial charge on any atom is 0.340 e. The molecule has 0 bridgehead atoms. The molecule has 0 aromatic heterocycles. The Bertz CT molecular complexity index is 1490. The average molecular weight is 681 g/mol. The maximum absolute atomic E-state index is 13.4. The number of fused-ring (bicyclic) bond motifs is 1. The van der Waals surface area contributed by atoms with Crippen LogP contribution in [-0.2, 0) is 18.0 Å². The number of hydrogen-bond acceptors (Lipinski definition) is 6. The Morgan fingerprint density at radius 2 is 1.59 bits per heavy atom. The Kier molecular flexibility index (Phi) is 11.3. The van der Waals surface area contributed by atoms with Gasteiger partial charge in [-0.25, -0.2) is 9.59 Å². The van der Waals surface area contributed by atoms with E-state index in [1.807, 2.05) is 6.92 Å². The Balaban J connectivity index is 2.20. The fourth-order valence-corrected chi connectivity index (χ4v) is 8.75. The van der Waals surface area contributed by atoms with E-state index in [0.29, 0.717) is 0 Å². The Morgan fingerprint density at radius 1 is 1.02 bits per heavy atom. The van der Waals surface area contributed by atoms with Crippen molar-refractivity contribution >= 4 is 38.3 Å². The molecular formula is C36H52O7Si3. The third kappa shape index (κ3) is 8.60. The molecule has 250 valence electrons. The molecule has 0 amide bonds. The quantitative estimate of drug-likeness (QED) is 0.122. The van der Waals surface area contributed by atoms with Crippen molar-refractivity contribution in [1.82, 2.24) is 0 Å². The molecule has 10 heteroatoms. The normalized spacial score (nSPS) is 27.6. The van der Waals surface area contributed by atoms with Gasteiger partial charge >= 0.3 is 11.9 Å². The summed E-state index contributed by atoms with van der Waals surface area (Å²) in [7, 11) is -5.72. The van der Waals surface area contributed by atoms with Crippen molar-refractivity contribution in [2.45, 2.75) is 122 Å². The predicted octanol–water partition coefficient (Wildman–Crippen LogP) is 7.12. The molecule has 0 aliphatic heterocycles. The van der Waals surface area contributed by atoms with Crippen molar-refractivity contribution in [2.75, 3.05) is 0 Å². The van der Waals surface area contributed by atoms with Crippen LogP contribution in [0.4, 0.5) is 0 Å². The Labute approximate surface area is 280 Å². The summed E-state index contributed by atoms with van der Waals surface area (Å²) in [6.07, 6.45) is 2.15. The van der Waals surface area contributed by atoms with Crippen LogP contribution in [0.15, 0.2) is 48.6 Å². The van der Waals surface area contributed by atoms with Crippen molar-refractivity contribution in [3.63, 3.8) is 0 Å². The van der Waals surface area contributed by atoms with E-state index in [1.54, 1.807) is 18.2 Å². The lowest BCUT2D eigenvalue weighted by Crippen LogP contribution is -2.56. The predicted molar refractivity (Wildman–Crippen MR) is 192 cm³/mol. The van der Waals surface area contributed by atoms with Crippen molar-refractivity contribution < 1.29 is 32.7 Å². The van der Waals surface area contributed by atoms with Gasteiger partial charge in [0.05, 0.1) is 22.6 Å². The summed E-state index contributed by atoms with van der Waals surface area (Å²) in [5.74, 6) is 11.2. The molecule has 1 aromatic rings. The molecule has 7 nitrogen and oxygen atoms in total. The first kappa shape index (κ1) is 37.7. The van der Waals surface area contributed by atoms with Gasteiger partial charge in [-0.2, -0.15) is 0 Å². The van der Waals surface area contributed by atoms with E-state index in [-0.39, 0.29) is 33.7 Å². The van der Waals surface area contributed by atoms with E-state index in [4.69, 9.17) is 18.0 Å². The van der Waals surface area contributed by atoms with Crippen molar-refractivity contribution in [1.29, 1.82) is 0 Å². The van der Waals surface area contributed by atoms with E-state index in [1.165, 1.54) is 12.1 Å². The zero-order valence-corrected chi connectivity index (χ0v) is 33.0. The van der Waals surface area contributed by atoms with Gasteiger partial charge in [-0.1, -0.05) is 83.4 Å². The van der Waals surface area contributed by atoms with Crippen LogP contribution in [0.5, 0.6) is 0 Å². The summed E-state index contributed by atoms with van der Waals surface area (Å²) < 4.78 is 27.1. The van der Waals surface area contributed by atoms with E-state index < -0.39 is 61.6 Å². The number of carbonyl (C=O) groups excluding carboxylic acids is 1. The summed E-state index contributed by atoms with van der Waals surface area (Å²) in [4.78, 5) is 25.2. The van der Waals surface area contributed by atoms with Crippen LogP contribution in [-0.4, -0.2) is 67.4 Å². The highest BCUT2D eigenvalue weighted by Gasteiger charge is 2.55. The summed E-state index contributed by atoms with van der Waals surface area (Å²) >= 11 is 0. The topological polar surface area (TPSA) is 91.3 Å². The van der Waals surface area contributed by atoms with E-state index in [9.17, 15) is 14.7 Å². The van der Waals surface area contributed by atoms with E-state index in [2.05, 4.69) is 111 Å². The summed E-state index contributed by atoms with van der Waals surface area (Å²) in [6, 6.07) is 5.96. The molecule has 3 rings (SSSR count). The number of rotatable bonds is 10. The zero-order chi connectivity index (χ0) is 34.9. The van der Waals surface area contributed by atoms with E-state index in [0.717, 1.165) is 5.57 Å². The molecule has 46 heavy (non-hydrogen) atoms. The van der Waals surface area contributed by atoms with Crippen LogP contribution in [0.25, 0.3) is 0 Å². The third-order valence-electron chi connectivity index (χ3n) is 8.81. The van der Waals surface area contributed by atoms with E-state index >= 15 is 0 Å². The first-order chi connectivity index (χ1) is 21.0. The van der Waals surface area contributed by atoms with Gasteiger partial charge in [-0.05, 0) is 67.9 Å². The first-order valence-corrected chi connectivity index (χ1v) is 23.8. The van der Waals surface area contributed by atoms with Gasteiger partial charge in [0.2, 0.25) is 0 Å². The van der Waals surface area contributed by atoms with Gasteiger partial charge in [-0.3, -0.25) is 0 Å². The number of esters is 1. The summed E-state index contributed by atoms with van der Waals surface area (Å²) in [6.45, 7) is 30.0. The molecule has 1 aromatic carbocycles. The van der Waals surface area contributed by atoms with Crippen LogP contribution in [0.3, 0.4) is 0 Å². The molecule has 0 spiro atoms. The minimum atomic E-state index is -2.23. The molecule has 1 N–H and O–H groups in total. The van der Waals surface area contributed by atoms with Gasteiger partial charge in [0.15, 0.2) is 32.5 Å². The first-order valence-electron chi connectivity index (χ1n) is 16.0. The van der Waals surface area contributed by atoms with Crippen LogP contribution < -0.4 is 0 Å². The third-order valence-corrected chi connectivity index (χ3v) is 16.1. The highest BCUT2D eigenvalue weighted by atomic mass is 28.4. The summed E-state index contributed by atoms with van der Waals surface area (Å²) in [5, 5.41) is 9.67. The molecule has 0 radical (unpaired) electrons. The van der Waals surface area contributed by atoms with Crippen LogP contribution >= 0.6 is 0 Å². The number of carboxylic acid groups (broad SMARTS) is 1. The van der Waals surface area contributed by atoms with Gasteiger partial charge in [0, 0.05) is 12.0 Å². The minimum Gasteiger partial charge on any atom is -0.478 e. The smallest absolute Gasteiger partial charge is 0.340 e. The molecule has 7 atom stereocenters. The number of ether oxygens (including phenoxy) is 1. The standard InChI is InChI=1S/C36H52O7Si3/c1-14-35(8)23-21-25-24-28(41-44(9)33(2,3)4)30(42-45(10)34(5,6)7)36(25,43-46(11,12)13)22-17-20-29(35)40-32(39)27-19-16-15-18-26(27)31(37)38/h14-16,18-19,24,28-30,44-45H,1,22H2,2-13H3,(H,37,38)/t28-,29?,30+,35?,36?,44?,45?/m1/s1. The second-order valence-electron chi connectivity index (χ2n) is 15.7. The monoisotopic (exact) mass is 680 g/mol. The van der Waals surface area contributed by atoms with Crippen molar-refractivity contribution in [2.24, 2.45) is 5.41 Å². The fourth-order valence-electron chi connectivity index (χ4n) is 5.03. The number of aromatic carboxylic acids is 1. The molecule has 5 unspecified atom stereocenters. The number of carbonyl (C=O) groups is 2. The second-order valence-corrected chi connectivity index (χ2v) is 26.7. The number of carboxylic acids is 1. The highest BCUT2D eigenvalue weighted by molar-refractivity contribution is 6.69. The molecule has 0 heterocycles. The molecule has 0 fully saturated rings. The lowest BCUT2D eigenvalue weighted by molar-refractivity contribution is -0.0449. The highest BCUT2D eigenvalue weighted by Crippen LogP contribution is 2.46. The van der Waals surface area contributed by atoms with Gasteiger partial charge in [0.25, 0.3) is 0 Å². The number of benzene rings is 1. The molecule has 2 aliphatic carbocycles. The Morgan fingerprint density at radius 3 is 2.11 bits per heavy atom. The van der Waals surface area contributed by atoms with Gasteiger partial charge < -0.3 is 23.1 Å². The van der Waals surface area contributed by atoms with Crippen LogP contribution in [0, 0.1) is 29.1 Å². The zero-order valence-electron chi connectivity index (χ0n) is 29.7. The van der Waals surface area contributed by atoms with Gasteiger partial charge in [0.1, 0.15) is 11.7 Å². The lowest BCUT2D eigenvalue weighted by Gasteiger charge is -2.45. The molecule has 0 saturated heterocycles. The molecule has 2 aliphatic rings. The maximum atomic E-state index is 13.4. The summed E-state index contributed by atoms with van der Waals surface area (Å²) in [5.41, 5.74) is -1.49. The van der Waals surface area contributed by atoms with Crippen LogP contribution in [0.2, 0.25) is 42.8 Å². The Hall–Kier alpha value is -2.71. The van der Waals surface area contributed by atoms with Gasteiger partial charge in [-0.15, -0.1) is 6.58 Å². The van der Waals surface area contributed by atoms with Crippen LogP contribution in [0.1, 0.15) is 75.6 Å². The van der Waals surface area contributed by atoms with Crippen molar-refractivity contribution in [3.8, 4) is 23.7 Å². The molecular weight excluding hydrogens is 629 g/mol. The minimum absolute atomic E-state index is 0.0104. The lowest BCUT2D eigenvalue weighted by atomic mass is 9.84. The average Bonchev–Trinajstić information content (AvgIpc) is 3.21. The molecule has 0 saturated carbocycles. The fraction of sp³-hybridized carbons (Fsp3) is 0.556. The number of hydrogen-bond donors (Lipinski definition) is 1. The van der Waals surface area contributed by atoms with Crippen molar-refractivity contribution in [3.05, 3.63) is 59.7 Å².